The van der Waals surface area contributed by atoms with E-state index < -0.39 is 0 Å². The predicted octanol–water partition coefficient (Wildman–Crippen LogP) is 3.12. The SMILES string of the molecule is Cn1cc(CNc2ncc(C#N)s2)c2ccccc21. The summed E-state index contributed by atoms with van der Waals surface area (Å²) in [5.41, 5.74) is 2.45. The van der Waals surface area contributed by atoms with Gasteiger partial charge in [0.15, 0.2) is 5.13 Å². The number of rotatable bonds is 3. The molecule has 1 aromatic carbocycles. The van der Waals surface area contributed by atoms with Crippen molar-refractivity contribution in [3.8, 4) is 6.07 Å². The third kappa shape index (κ3) is 2.18. The van der Waals surface area contributed by atoms with Crippen LogP contribution in [-0.4, -0.2) is 9.55 Å². The molecule has 3 aromatic rings. The van der Waals surface area contributed by atoms with Crippen molar-refractivity contribution in [3.05, 3.63) is 47.1 Å². The first-order valence-electron chi connectivity index (χ1n) is 5.90. The van der Waals surface area contributed by atoms with Crippen LogP contribution in [-0.2, 0) is 13.6 Å². The first-order chi connectivity index (χ1) is 9.28. The van der Waals surface area contributed by atoms with Crippen LogP contribution in [0.5, 0.6) is 0 Å². The van der Waals surface area contributed by atoms with Gasteiger partial charge in [0.1, 0.15) is 10.9 Å². The molecule has 0 fully saturated rings. The number of para-hydroxylation sites is 1. The summed E-state index contributed by atoms with van der Waals surface area (Å²) in [6.45, 7) is 0.708. The van der Waals surface area contributed by atoms with Crippen LogP contribution < -0.4 is 5.32 Å². The molecule has 0 aliphatic heterocycles. The topological polar surface area (TPSA) is 53.6 Å². The van der Waals surface area contributed by atoms with Crippen molar-refractivity contribution >= 4 is 27.4 Å². The van der Waals surface area contributed by atoms with E-state index >= 15 is 0 Å². The Morgan fingerprint density at radius 2 is 2.26 bits per heavy atom. The first kappa shape index (κ1) is 11.8. The van der Waals surface area contributed by atoms with Crippen molar-refractivity contribution in [1.82, 2.24) is 9.55 Å². The minimum Gasteiger partial charge on any atom is -0.357 e. The Balaban J connectivity index is 1.84. The van der Waals surface area contributed by atoms with E-state index in [1.165, 1.54) is 27.8 Å². The Hall–Kier alpha value is -2.32. The van der Waals surface area contributed by atoms with Crippen molar-refractivity contribution in [2.45, 2.75) is 6.54 Å². The van der Waals surface area contributed by atoms with Crippen LogP contribution in [0, 0.1) is 11.3 Å². The summed E-state index contributed by atoms with van der Waals surface area (Å²) < 4.78 is 2.12. The lowest BCUT2D eigenvalue weighted by Crippen LogP contribution is -1.97. The highest BCUT2D eigenvalue weighted by Crippen LogP contribution is 2.22. The van der Waals surface area contributed by atoms with E-state index in [1.54, 1.807) is 6.20 Å². The maximum absolute atomic E-state index is 8.77. The number of nitriles is 1. The van der Waals surface area contributed by atoms with Gasteiger partial charge >= 0.3 is 0 Å². The Morgan fingerprint density at radius 1 is 1.42 bits per heavy atom. The molecule has 3 rings (SSSR count). The van der Waals surface area contributed by atoms with Crippen molar-refractivity contribution in [1.29, 1.82) is 5.26 Å². The average Bonchev–Trinajstić information content (AvgIpc) is 3.02. The van der Waals surface area contributed by atoms with Gasteiger partial charge in [0.25, 0.3) is 0 Å². The van der Waals surface area contributed by atoms with Crippen molar-refractivity contribution in [2.24, 2.45) is 7.05 Å². The van der Waals surface area contributed by atoms with Gasteiger partial charge in [-0.3, -0.25) is 0 Å². The fourth-order valence-electron chi connectivity index (χ4n) is 2.14. The zero-order chi connectivity index (χ0) is 13.2. The maximum atomic E-state index is 8.77. The summed E-state index contributed by atoms with van der Waals surface area (Å²) in [7, 11) is 2.04. The third-order valence-electron chi connectivity index (χ3n) is 3.03. The molecule has 4 nitrogen and oxygen atoms in total. The molecule has 0 radical (unpaired) electrons. The smallest absolute Gasteiger partial charge is 0.184 e. The van der Waals surface area contributed by atoms with Crippen molar-refractivity contribution < 1.29 is 0 Å². The van der Waals surface area contributed by atoms with Crippen LogP contribution in [0.4, 0.5) is 5.13 Å². The molecule has 0 spiro atoms. The van der Waals surface area contributed by atoms with Gasteiger partial charge in [0.05, 0.1) is 6.20 Å². The number of anilines is 1. The lowest BCUT2D eigenvalue weighted by molar-refractivity contribution is 0.955. The third-order valence-corrected chi connectivity index (χ3v) is 3.89. The van der Waals surface area contributed by atoms with Gasteiger partial charge in [-0.2, -0.15) is 5.26 Å². The van der Waals surface area contributed by atoms with E-state index in [0.717, 1.165) is 5.13 Å². The molecule has 0 saturated carbocycles. The lowest BCUT2D eigenvalue weighted by Gasteiger charge is -2.00. The van der Waals surface area contributed by atoms with Crippen molar-refractivity contribution in [2.75, 3.05) is 5.32 Å². The van der Waals surface area contributed by atoms with Crippen LogP contribution in [0.2, 0.25) is 0 Å². The minimum atomic E-state index is 0.625. The molecular formula is C14H12N4S. The number of thiazole rings is 1. The number of aryl methyl sites for hydroxylation is 1. The molecule has 0 atom stereocenters. The summed E-state index contributed by atoms with van der Waals surface area (Å²) in [5, 5.41) is 14.1. The number of hydrogen-bond acceptors (Lipinski definition) is 4. The second kappa shape index (κ2) is 4.75. The Morgan fingerprint density at radius 3 is 3.05 bits per heavy atom. The molecule has 1 N–H and O–H groups in total. The number of nitrogens with one attached hydrogen (secondary N) is 1. The maximum Gasteiger partial charge on any atom is 0.184 e. The number of benzene rings is 1. The zero-order valence-corrected chi connectivity index (χ0v) is 11.2. The Labute approximate surface area is 114 Å². The van der Waals surface area contributed by atoms with Gasteiger partial charge in [-0.15, -0.1) is 0 Å². The number of nitrogens with zero attached hydrogens (tertiary/aromatic N) is 3. The predicted molar refractivity (Wildman–Crippen MR) is 77.1 cm³/mol. The molecule has 0 unspecified atom stereocenters. The van der Waals surface area contributed by atoms with E-state index in [1.807, 2.05) is 19.2 Å². The van der Waals surface area contributed by atoms with Crippen LogP contribution in [0.1, 0.15) is 10.4 Å². The number of fused-ring (bicyclic) bond motifs is 1. The highest BCUT2D eigenvalue weighted by molar-refractivity contribution is 7.16. The molecule has 94 valence electrons. The summed E-state index contributed by atoms with van der Waals surface area (Å²) in [5.74, 6) is 0. The highest BCUT2D eigenvalue weighted by Gasteiger charge is 2.06. The fraction of sp³-hybridized carbons (Fsp3) is 0.143. The molecule has 0 saturated heterocycles. The minimum absolute atomic E-state index is 0.625. The van der Waals surface area contributed by atoms with Gasteiger partial charge in [0, 0.05) is 30.7 Å². The second-order valence-corrected chi connectivity index (χ2v) is 5.31. The van der Waals surface area contributed by atoms with E-state index in [9.17, 15) is 0 Å². The normalized spacial score (nSPS) is 10.5. The monoisotopic (exact) mass is 268 g/mol. The van der Waals surface area contributed by atoms with E-state index in [0.29, 0.717) is 11.4 Å². The number of aromatic nitrogens is 2. The van der Waals surface area contributed by atoms with Gasteiger partial charge in [0.2, 0.25) is 0 Å². The molecule has 0 aliphatic carbocycles. The largest absolute Gasteiger partial charge is 0.357 e. The fourth-order valence-corrected chi connectivity index (χ4v) is 2.75. The second-order valence-electron chi connectivity index (χ2n) is 4.28. The van der Waals surface area contributed by atoms with Crippen molar-refractivity contribution in [3.63, 3.8) is 0 Å². The molecule has 0 amide bonds. The van der Waals surface area contributed by atoms with Gasteiger partial charge in [-0.25, -0.2) is 4.98 Å². The average molecular weight is 268 g/mol. The van der Waals surface area contributed by atoms with E-state index in [-0.39, 0.29) is 0 Å². The van der Waals surface area contributed by atoms with Gasteiger partial charge in [-0.1, -0.05) is 29.5 Å². The van der Waals surface area contributed by atoms with Crippen LogP contribution in [0.25, 0.3) is 10.9 Å². The molecule has 0 bridgehead atoms. The highest BCUT2D eigenvalue weighted by atomic mass is 32.1. The summed E-state index contributed by atoms with van der Waals surface area (Å²) in [4.78, 5) is 4.79. The quantitative estimate of drug-likeness (QED) is 0.794. The van der Waals surface area contributed by atoms with Gasteiger partial charge < -0.3 is 9.88 Å². The lowest BCUT2D eigenvalue weighted by atomic mass is 10.2. The zero-order valence-electron chi connectivity index (χ0n) is 10.4. The van der Waals surface area contributed by atoms with E-state index in [4.69, 9.17) is 5.26 Å². The first-order valence-corrected chi connectivity index (χ1v) is 6.72. The Kier molecular flexibility index (Phi) is 2.94. The standard InChI is InChI=1S/C14H12N4S/c1-18-9-10(12-4-2-3-5-13(12)18)7-16-14-17-8-11(6-15)19-14/h2-5,8-9H,7H2,1H3,(H,16,17). The number of hydrogen-bond donors (Lipinski definition) is 1. The van der Waals surface area contributed by atoms with E-state index in [2.05, 4.69) is 39.3 Å². The van der Waals surface area contributed by atoms with Crippen LogP contribution >= 0.6 is 11.3 Å². The molecule has 0 aliphatic rings. The summed E-state index contributed by atoms with van der Waals surface area (Å²) in [6, 6.07) is 10.4. The molecule has 19 heavy (non-hydrogen) atoms. The molecule has 2 heterocycles. The Bertz CT molecular complexity index is 763. The molecular weight excluding hydrogens is 256 g/mol. The molecule has 2 aromatic heterocycles. The van der Waals surface area contributed by atoms with Gasteiger partial charge in [-0.05, 0) is 11.6 Å². The molecule has 5 heteroatoms. The summed E-state index contributed by atoms with van der Waals surface area (Å²) >= 11 is 1.37. The summed E-state index contributed by atoms with van der Waals surface area (Å²) in [6.07, 6.45) is 3.71. The van der Waals surface area contributed by atoms with Crippen LogP contribution in [0.15, 0.2) is 36.7 Å². The van der Waals surface area contributed by atoms with Crippen LogP contribution in [0.3, 0.4) is 0 Å².